The summed E-state index contributed by atoms with van der Waals surface area (Å²) in [4.78, 5) is 0. The Morgan fingerprint density at radius 2 is 0.897 bits per heavy atom. The first-order valence-corrected chi connectivity index (χ1v) is 9.72. The van der Waals surface area contributed by atoms with E-state index in [2.05, 4.69) is 77.4 Å². The van der Waals surface area contributed by atoms with Crippen molar-refractivity contribution >= 4 is 54.7 Å². The molecule has 5 aromatic carbocycles. The van der Waals surface area contributed by atoms with Crippen molar-refractivity contribution in [2.45, 2.75) is 0 Å². The van der Waals surface area contributed by atoms with Gasteiger partial charge in [0, 0.05) is 38.6 Å². The molecule has 1 heterocycles. The fraction of sp³-hybridized carbons (Fsp3) is 0. The van der Waals surface area contributed by atoms with Crippen LogP contribution in [-0.4, -0.2) is 4.57 Å². The van der Waals surface area contributed by atoms with Crippen LogP contribution in [0.25, 0.3) is 49.0 Å². The number of aromatic nitrogens is 1. The zero-order valence-corrected chi connectivity index (χ0v) is 15.8. The molecule has 4 N–H and O–H groups in total. The molecule has 138 valence electrons. The highest BCUT2D eigenvalue weighted by Crippen LogP contribution is 2.43. The van der Waals surface area contributed by atoms with Gasteiger partial charge in [-0.1, -0.05) is 66.7 Å². The van der Waals surface area contributed by atoms with E-state index in [-0.39, 0.29) is 0 Å². The van der Waals surface area contributed by atoms with Gasteiger partial charge in [0.2, 0.25) is 0 Å². The van der Waals surface area contributed by atoms with Crippen LogP contribution in [0.2, 0.25) is 0 Å². The van der Waals surface area contributed by atoms with E-state index in [1.54, 1.807) is 0 Å². The molecule has 3 nitrogen and oxygen atoms in total. The van der Waals surface area contributed by atoms with Crippen LogP contribution in [0.4, 0.5) is 11.4 Å². The topological polar surface area (TPSA) is 57.0 Å². The lowest BCUT2D eigenvalue weighted by atomic mass is 9.98. The molecule has 0 atom stereocenters. The number of rotatable bonds is 1. The third-order valence-electron chi connectivity index (χ3n) is 5.86. The quantitative estimate of drug-likeness (QED) is 0.334. The van der Waals surface area contributed by atoms with Gasteiger partial charge in [-0.15, -0.1) is 0 Å². The Bertz CT molecular complexity index is 1460. The molecule has 0 spiro atoms. The van der Waals surface area contributed by atoms with Gasteiger partial charge < -0.3 is 16.0 Å². The highest BCUT2D eigenvalue weighted by Gasteiger charge is 2.19. The van der Waals surface area contributed by atoms with Gasteiger partial charge in [0.15, 0.2) is 0 Å². The molecule has 0 saturated carbocycles. The smallest absolute Gasteiger partial charge is 0.0568 e. The molecule has 0 unspecified atom stereocenters. The average molecular weight is 373 g/mol. The summed E-state index contributed by atoms with van der Waals surface area (Å²) in [5.41, 5.74) is 17.8. The van der Waals surface area contributed by atoms with Crippen molar-refractivity contribution in [2.24, 2.45) is 0 Å². The number of nitrogens with two attached hydrogens (primary N) is 2. The number of nitrogens with zero attached hydrogens (tertiary/aromatic N) is 1. The summed E-state index contributed by atoms with van der Waals surface area (Å²) in [6, 6.07) is 31.3. The Labute approximate surface area is 167 Å². The molecule has 0 radical (unpaired) electrons. The molecule has 3 heteroatoms. The van der Waals surface area contributed by atoms with Gasteiger partial charge >= 0.3 is 0 Å². The molecular weight excluding hydrogens is 354 g/mol. The van der Waals surface area contributed by atoms with Crippen molar-refractivity contribution in [3.63, 3.8) is 0 Å². The summed E-state index contributed by atoms with van der Waals surface area (Å²) in [5, 5.41) is 6.91. The minimum Gasteiger partial charge on any atom is -0.398 e. The van der Waals surface area contributed by atoms with Crippen LogP contribution in [0.5, 0.6) is 0 Å². The van der Waals surface area contributed by atoms with E-state index in [9.17, 15) is 0 Å². The van der Waals surface area contributed by atoms with Crippen molar-refractivity contribution in [1.29, 1.82) is 0 Å². The standard InChI is InChI=1S/C26H19N3/c27-21-14-23-25(19-12-6-4-10-17(19)21)26-20-13-7-5-11-18(20)22(28)15-24(26)29(23)16-8-2-1-3-9-16/h1-15H,27-28H2. The summed E-state index contributed by atoms with van der Waals surface area (Å²) in [5.74, 6) is 0. The molecule has 0 fully saturated rings. The second kappa shape index (κ2) is 5.76. The van der Waals surface area contributed by atoms with Crippen molar-refractivity contribution < 1.29 is 0 Å². The van der Waals surface area contributed by atoms with Gasteiger partial charge in [0.1, 0.15) is 0 Å². The van der Waals surface area contributed by atoms with Crippen LogP contribution >= 0.6 is 0 Å². The van der Waals surface area contributed by atoms with Crippen LogP contribution in [-0.2, 0) is 0 Å². The fourth-order valence-corrected chi connectivity index (χ4v) is 4.64. The molecule has 0 aliphatic heterocycles. The predicted molar refractivity (Wildman–Crippen MR) is 125 cm³/mol. The van der Waals surface area contributed by atoms with E-state index < -0.39 is 0 Å². The number of benzene rings is 5. The molecule has 6 aromatic rings. The SMILES string of the molecule is Nc1cc2c(c3ccccc13)c1c3ccccc3c(N)cc1n2-c1ccccc1. The summed E-state index contributed by atoms with van der Waals surface area (Å²) in [7, 11) is 0. The normalized spacial score (nSPS) is 11.7. The maximum atomic E-state index is 6.50. The Kier molecular flexibility index (Phi) is 3.18. The highest BCUT2D eigenvalue weighted by atomic mass is 15.0. The summed E-state index contributed by atoms with van der Waals surface area (Å²) in [6.07, 6.45) is 0. The van der Waals surface area contributed by atoms with Crippen molar-refractivity contribution in [3.8, 4) is 5.69 Å². The van der Waals surface area contributed by atoms with Crippen LogP contribution in [0.3, 0.4) is 0 Å². The zero-order valence-electron chi connectivity index (χ0n) is 15.8. The number of hydrogen-bond donors (Lipinski definition) is 2. The monoisotopic (exact) mass is 373 g/mol. The molecule has 0 saturated heterocycles. The molecule has 29 heavy (non-hydrogen) atoms. The van der Waals surface area contributed by atoms with Crippen molar-refractivity contribution in [1.82, 2.24) is 4.57 Å². The third-order valence-corrected chi connectivity index (χ3v) is 5.86. The molecular formula is C26H19N3. The average Bonchev–Trinajstić information content (AvgIpc) is 3.08. The minimum atomic E-state index is 0.783. The Balaban J connectivity index is 2.00. The highest BCUT2D eigenvalue weighted by molar-refractivity contribution is 6.31. The lowest BCUT2D eigenvalue weighted by Gasteiger charge is -2.10. The number of para-hydroxylation sites is 1. The first-order chi connectivity index (χ1) is 14.2. The van der Waals surface area contributed by atoms with Crippen LogP contribution < -0.4 is 11.5 Å². The zero-order chi connectivity index (χ0) is 19.5. The third kappa shape index (κ3) is 2.13. The van der Waals surface area contributed by atoms with Gasteiger partial charge in [0.05, 0.1) is 11.0 Å². The fourth-order valence-electron chi connectivity index (χ4n) is 4.64. The molecule has 0 aliphatic rings. The van der Waals surface area contributed by atoms with Gasteiger partial charge in [-0.3, -0.25) is 0 Å². The van der Waals surface area contributed by atoms with Gasteiger partial charge in [-0.05, 0) is 35.0 Å². The predicted octanol–water partition coefficient (Wildman–Crippen LogP) is 6.25. The van der Waals surface area contributed by atoms with Crippen LogP contribution in [0.1, 0.15) is 0 Å². The summed E-state index contributed by atoms with van der Waals surface area (Å²) in [6.45, 7) is 0. The van der Waals surface area contributed by atoms with Crippen molar-refractivity contribution in [3.05, 3.63) is 91.0 Å². The molecule has 1 aromatic heterocycles. The molecule has 0 bridgehead atoms. The summed E-state index contributed by atoms with van der Waals surface area (Å²) < 4.78 is 2.27. The maximum Gasteiger partial charge on any atom is 0.0568 e. The van der Waals surface area contributed by atoms with Crippen LogP contribution in [0.15, 0.2) is 91.0 Å². The Morgan fingerprint density at radius 1 is 0.483 bits per heavy atom. The van der Waals surface area contributed by atoms with E-state index in [4.69, 9.17) is 11.5 Å². The lowest BCUT2D eigenvalue weighted by Crippen LogP contribution is -1.96. The van der Waals surface area contributed by atoms with Crippen LogP contribution in [0, 0.1) is 0 Å². The molecule has 0 amide bonds. The largest absolute Gasteiger partial charge is 0.398 e. The van der Waals surface area contributed by atoms with E-state index in [0.29, 0.717) is 0 Å². The van der Waals surface area contributed by atoms with E-state index in [1.807, 2.05) is 18.2 Å². The minimum absolute atomic E-state index is 0.783. The van der Waals surface area contributed by atoms with Gasteiger partial charge in [-0.2, -0.15) is 0 Å². The Hall–Kier alpha value is -3.98. The van der Waals surface area contributed by atoms with Gasteiger partial charge in [0.25, 0.3) is 0 Å². The van der Waals surface area contributed by atoms with Crippen molar-refractivity contribution in [2.75, 3.05) is 11.5 Å². The first kappa shape index (κ1) is 16.0. The molecule has 0 aliphatic carbocycles. The molecule has 6 rings (SSSR count). The number of fused-ring (bicyclic) bond motifs is 7. The number of anilines is 2. The van der Waals surface area contributed by atoms with E-state index >= 15 is 0 Å². The lowest BCUT2D eigenvalue weighted by molar-refractivity contribution is 1.18. The first-order valence-electron chi connectivity index (χ1n) is 9.72. The second-order valence-electron chi connectivity index (χ2n) is 7.48. The number of nitrogen functional groups attached to an aromatic ring is 2. The Morgan fingerprint density at radius 3 is 1.38 bits per heavy atom. The number of hydrogen-bond acceptors (Lipinski definition) is 2. The van der Waals surface area contributed by atoms with E-state index in [1.165, 1.54) is 10.8 Å². The van der Waals surface area contributed by atoms with Gasteiger partial charge in [-0.25, -0.2) is 0 Å². The summed E-state index contributed by atoms with van der Waals surface area (Å²) >= 11 is 0. The maximum absolute atomic E-state index is 6.50. The van der Waals surface area contributed by atoms with E-state index in [0.717, 1.165) is 49.6 Å². The second-order valence-corrected chi connectivity index (χ2v) is 7.48.